The van der Waals surface area contributed by atoms with E-state index in [2.05, 4.69) is 5.32 Å². The lowest BCUT2D eigenvalue weighted by Crippen LogP contribution is -2.36. The van der Waals surface area contributed by atoms with Gasteiger partial charge < -0.3 is 20.1 Å². The summed E-state index contributed by atoms with van der Waals surface area (Å²) in [5, 5.41) is 11.8. The number of alkyl halides is 3. The minimum atomic E-state index is -4.44. The van der Waals surface area contributed by atoms with Crippen LogP contribution in [0.1, 0.15) is 27.9 Å². The Labute approximate surface area is 171 Å². The fraction of sp³-hybridized carbons (Fsp3) is 0.333. The highest BCUT2D eigenvalue weighted by atomic mass is 19.4. The van der Waals surface area contributed by atoms with Crippen LogP contribution in [0.15, 0.2) is 42.5 Å². The molecule has 1 aliphatic rings. The van der Waals surface area contributed by atoms with Crippen LogP contribution in [0.2, 0.25) is 0 Å². The Morgan fingerprint density at radius 2 is 1.90 bits per heavy atom. The Balaban J connectivity index is 1.76. The third kappa shape index (κ3) is 5.10. The van der Waals surface area contributed by atoms with Crippen molar-refractivity contribution in [3.05, 3.63) is 59.2 Å². The average molecular weight is 422 g/mol. The van der Waals surface area contributed by atoms with Crippen molar-refractivity contribution in [1.29, 1.82) is 0 Å². The summed E-state index contributed by atoms with van der Waals surface area (Å²) in [6.45, 7) is 0.811. The normalized spacial score (nSPS) is 14.4. The highest BCUT2D eigenvalue weighted by Gasteiger charge is 2.30. The fourth-order valence-electron chi connectivity index (χ4n) is 3.19. The third-order valence-electron chi connectivity index (χ3n) is 4.64. The average Bonchev–Trinajstić information content (AvgIpc) is 2.69. The maximum absolute atomic E-state index is 12.8. The standard InChI is InChI=1S/C21H21F3N2O4/c22-21(23,24)15-7-5-14(6-8-15)13-18(28)25-17-4-1-3-16-19(17)30-12-2-9-26(10-11-27)20(16)29/h1,3-8,27H,2,9-13H2,(H,25,28). The molecule has 0 bridgehead atoms. The summed E-state index contributed by atoms with van der Waals surface area (Å²) in [6.07, 6.45) is -4.00. The second-order valence-electron chi connectivity index (χ2n) is 6.82. The van der Waals surface area contributed by atoms with Crippen molar-refractivity contribution in [1.82, 2.24) is 4.90 Å². The molecule has 9 heteroatoms. The molecular weight excluding hydrogens is 401 g/mol. The van der Waals surface area contributed by atoms with Gasteiger partial charge in [0.05, 0.1) is 36.4 Å². The molecule has 0 fully saturated rings. The number of aliphatic hydroxyl groups excluding tert-OH is 1. The molecule has 2 aromatic carbocycles. The zero-order valence-corrected chi connectivity index (χ0v) is 16.0. The number of β-amino-alcohol motifs (C(OH)–C–C–N with tert-alkyl or cyclic N) is 1. The Kier molecular flexibility index (Phi) is 6.61. The quantitative estimate of drug-likeness (QED) is 0.776. The molecular formula is C21H21F3N2O4. The van der Waals surface area contributed by atoms with Crippen LogP contribution in [0, 0.1) is 0 Å². The number of anilines is 1. The largest absolute Gasteiger partial charge is 0.490 e. The lowest BCUT2D eigenvalue weighted by Gasteiger charge is -2.26. The van der Waals surface area contributed by atoms with Crippen molar-refractivity contribution in [3.63, 3.8) is 0 Å². The fourth-order valence-corrected chi connectivity index (χ4v) is 3.19. The first-order valence-corrected chi connectivity index (χ1v) is 9.41. The van der Waals surface area contributed by atoms with Crippen LogP contribution >= 0.6 is 0 Å². The van der Waals surface area contributed by atoms with Crippen molar-refractivity contribution in [2.75, 3.05) is 31.6 Å². The Morgan fingerprint density at radius 3 is 2.57 bits per heavy atom. The molecule has 2 aromatic rings. The first-order valence-electron chi connectivity index (χ1n) is 9.41. The van der Waals surface area contributed by atoms with E-state index in [1.54, 1.807) is 18.2 Å². The summed E-state index contributed by atoms with van der Waals surface area (Å²) in [5.74, 6) is -0.517. The van der Waals surface area contributed by atoms with Gasteiger partial charge in [0, 0.05) is 13.1 Å². The van der Waals surface area contributed by atoms with E-state index in [0.29, 0.717) is 30.8 Å². The van der Waals surface area contributed by atoms with E-state index in [1.807, 2.05) is 0 Å². The van der Waals surface area contributed by atoms with Gasteiger partial charge in [-0.3, -0.25) is 9.59 Å². The lowest BCUT2D eigenvalue weighted by molar-refractivity contribution is -0.137. The van der Waals surface area contributed by atoms with Gasteiger partial charge >= 0.3 is 6.18 Å². The molecule has 0 radical (unpaired) electrons. The molecule has 0 saturated carbocycles. The second-order valence-corrected chi connectivity index (χ2v) is 6.82. The zero-order valence-electron chi connectivity index (χ0n) is 16.0. The van der Waals surface area contributed by atoms with Crippen molar-refractivity contribution >= 4 is 17.5 Å². The number of benzene rings is 2. The smallest absolute Gasteiger partial charge is 0.416 e. The topological polar surface area (TPSA) is 78.9 Å². The molecule has 1 aliphatic heterocycles. The van der Waals surface area contributed by atoms with Gasteiger partial charge in [0.1, 0.15) is 0 Å². The predicted octanol–water partition coefficient (Wildman–Crippen LogP) is 3.10. The predicted molar refractivity (Wildman–Crippen MR) is 103 cm³/mol. The first-order chi connectivity index (χ1) is 14.3. The van der Waals surface area contributed by atoms with Crippen LogP contribution in [-0.4, -0.2) is 48.1 Å². The highest BCUT2D eigenvalue weighted by Crippen LogP contribution is 2.32. The molecule has 2 N–H and O–H groups in total. The van der Waals surface area contributed by atoms with Crippen LogP contribution in [0.25, 0.3) is 0 Å². The second kappa shape index (κ2) is 9.17. The minimum absolute atomic E-state index is 0.133. The molecule has 0 spiro atoms. The summed E-state index contributed by atoms with van der Waals surface area (Å²) >= 11 is 0. The molecule has 0 aromatic heterocycles. The number of carbonyl (C=O) groups is 2. The highest BCUT2D eigenvalue weighted by molar-refractivity contribution is 6.01. The number of para-hydroxylation sites is 1. The van der Waals surface area contributed by atoms with Crippen LogP contribution < -0.4 is 10.1 Å². The van der Waals surface area contributed by atoms with Gasteiger partial charge in [0.25, 0.3) is 5.91 Å². The number of carbonyl (C=O) groups excluding carboxylic acids is 2. The van der Waals surface area contributed by atoms with Gasteiger partial charge in [-0.15, -0.1) is 0 Å². The summed E-state index contributed by atoms with van der Waals surface area (Å²) in [7, 11) is 0. The number of hydrogen-bond donors (Lipinski definition) is 2. The molecule has 30 heavy (non-hydrogen) atoms. The third-order valence-corrected chi connectivity index (χ3v) is 4.64. The summed E-state index contributed by atoms with van der Waals surface area (Å²) in [4.78, 5) is 26.7. The van der Waals surface area contributed by atoms with Gasteiger partial charge in [0.15, 0.2) is 5.75 Å². The Morgan fingerprint density at radius 1 is 1.17 bits per heavy atom. The van der Waals surface area contributed by atoms with E-state index in [9.17, 15) is 27.9 Å². The molecule has 2 amide bonds. The number of aliphatic hydroxyl groups is 1. The monoisotopic (exact) mass is 422 g/mol. The number of hydrogen-bond acceptors (Lipinski definition) is 4. The van der Waals surface area contributed by atoms with Crippen molar-refractivity contribution < 1.29 is 32.6 Å². The number of fused-ring (bicyclic) bond motifs is 1. The summed E-state index contributed by atoms with van der Waals surface area (Å²) in [6, 6.07) is 9.15. The van der Waals surface area contributed by atoms with Crippen LogP contribution in [0.3, 0.4) is 0 Å². The van der Waals surface area contributed by atoms with E-state index in [1.165, 1.54) is 17.0 Å². The Hall–Kier alpha value is -3.07. The summed E-state index contributed by atoms with van der Waals surface area (Å²) < 4.78 is 43.7. The molecule has 0 aliphatic carbocycles. The lowest BCUT2D eigenvalue weighted by atomic mass is 10.1. The van der Waals surface area contributed by atoms with Crippen molar-refractivity contribution in [3.8, 4) is 5.75 Å². The van der Waals surface area contributed by atoms with Crippen LogP contribution in [0.4, 0.5) is 18.9 Å². The van der Waals surface area contributed by atoms with E-state index < -0.39 is 17.6 Å². The molecule has 0 atom stereocenters. The number of amides is 2. The number of halogens is 3. The molecule has 1 heterocycles. The van der Waals surface area contributed by atoms with Crippen molar-refractivity contribution in [2.45, 2.75) is 19.0 Å². The number of ether oxygens (including phenoxy) is 1. The SMILES string of the molecule is O=C(Cc1ccc(C(F)(F)F)cc1)Nc1cccc2c1OCCCN(CCO)C2=O. The zero-order chi connectivity index (χ0) is 21.7. The van der Waals surface area contributed by atoms with Gasteiger partial charge in [0.2, 0.25) is 5.91 Å². The maximum atomic E-state index is 12.8. The van der Waals surface area contributed by atoms with E-state index in [4.69, 9.17) is 4.74 Å². The number of nitrogens with one attached hydrogen (secondary N) is 1. The number of nitrogens with zero attached hydrogens (tertiary/aromatic N) is 1. The van der Waals surface area contributed by atoms with Gasteiger partial charge in [-0.2, -0.15) is 13.2 Å². The maximum Gasteiger partial charge on any atom is 0.416 e. The Bertz CT molecular complexity index is 913. The molecule has 0 saturated heterocycles. The van der Waals surface area contributed by atoms with Crippen LogP contribution in [0.5, 0.6) is 5.75 Å². The van der Waals surface area contributed by atoms with Crippen LogP contribution in [-0.2, 0) is 17.4 Å². The minimum Gasteiger partial charge on any atom is -0.490 e. The molecule has 6 nitrogen and oxygen atoms in total. The van der Waals surface area contributed by atoms with Gasteiger partial charge in [-0.25, -0.2) is 0 Å². The summed E-state index contributed by atoms with van der Waals surface area (Å²) in [5.41, 5.74) is 0.222. The molecule has 0 unspecified atom stereocenters. The first kappa shape index (κ1) is 21.6. The van der Waals surface area contributed by atoms with E-state index >= 15 is 0 Å². The van der Waals surface area contributed by atoms with E-state index in [0.717, 1.165) is 12.1 Å². The van der Waals surface area contributed by atoms with E-state index in [-0.39, 0.29) is 36.8 Å². The van der Waals surface area contributed by atoms with Gasteiger partial charge in [-0.05, 0) is 36.2 Å². The molecule has 3 rings (SSSR count). The van der Waals surface area contributed by atoms with Crippen molar-refractivity contribution in [2.24, 2.45) is 0 Å². The van der Waals surface area contributed by atoms with Gasteiger partial charge in [-0.1, -0.05) is 18.2 Å². The molecule has 160 valence electrons. The number of rotatable bonds is 5.